The second-order valence-corrected chi connectivity index (χ2v) is 6.25. The van der Waals surface area contributed by atoms with E-state index in [1.54, 1.807) is 6.07 Å². The Morgan fingerprint density at radius 3 is 2.59 bits per heavy atom. The Balaban J connectivity index is 2.42. The van der Waals surface area contributed by atoms with Gasteiger partial charge in [0.1, 0.15) is 11.5 Å². The number of hydrogen-bond donors (Lipinski definition) is 3. The summed E-state index contributed by atoms with van der Waals surface area (Å²) in [5.41, 5.74) is 19.0. The molecule has 0 aliphatic heterocycles. The smallest absolute Gasteiger partial charge is 0.252 e. The number of amides is 1. The summed E-state index contributed by atoms with van der Waals surface area (Å²) < 4.78 is 2.03. The van der Waals surface area contributed by atoms with Crippen molar-refractivity contribution in [3.63, 3.8) is 0 Å². The first kappa shape index (κ1) is 14.3. The minimum Gasteiger partial charge on any atom is -0.383 e. The van der Waals surface area contributed by atoms with Gasteiger partial charge in [0.15, 0.2) is 0 Å². The van der Waals surface area contributed by atoms with E-state index in [4.69, 9.17) is 17.2 Å². The molecule has 6 N–H and O–H groups in total. The molecule has 1 aromatic carbocycles. The molecular weight excluding hydrogens is 278 g/mol. The Labute approximate surface area is 127 Å². The van der Waals surface area contributed by atoms with Crippen molar-refractivity contribution in [1.29, 1.82) is 0 Å². The highest BCUT2D eigenvalue weighted by atomic mass is 16.1. The molecule has 0 fully saturated rings. The molecule has 6 heteroatoms. The number of benzene rings is 1. The third-order valence-corrected chi connectivity index (χ3v) is 3.60. The molecule has 3 rings (SSSR count). The number of aromatic nitrogens is 2. The van der Waals surface area contributed by atoms with Crippen molar-refractivity contribution in [2.75, 3.05) is 5.73 Å². The van der Waals surface area contributed by atoms with E-state index in [9.17, 15) is 4.79 Å². The molecule has 2 aromatic heterocycles. The lowest BCUT2D eigenvalue weighted by molar-refractivity contribution is 0.100. The van der Waals surface area contributed by atoms with E-state index < -0.39 is 11.4 Å². The van der Waals surface area contributed by atoms with E-state index in [2.05, 4.69) is 4.98 Å². The molecule has 2 heterocycles. The van der Waals surface area contributed by atoms with Crippen LogP contribution >= 0.6 is 0 Å². The highest BCUT2D eigenvalue weighted by Gasteiger charge is 2.20. The zero-order valence-electron chi connectivity index (χ0n) is 12.6. The quantitative estimate of drug-likeness (QED) is 0.681. The van der Waals surface area contributed by atoms with Gasteiger partial charge < -0.3 is 21.8 Å². The lowest BCUT2D eigenvalue weighted by Gasteiger charge is -2.20. The van der Waals surface area contributed by atoms with Crippen LogP contribution in [0.4, 0.5) is 5.82 Å². The minimum atomic E-state index is -0.581. The van der Waals surface area contributed by atoms with Gasteiger partial charge in [0.25, 0.3) is 5.91 Å². The summed E-state index contributed by atoms with van der Waals surface area (Å²) in [6.07, 6.45) is 0. The maximum absolute atomic E-state index is 11.5. The summed E-state index contributed by atoms with van der Waals surface area (Å²) in [6.45, 7) is 4.49. The molecule has 0 aliphatic rings. The van der Waals surface area contributed by atoms with Crippen LogP contribution in [-0.2, 0) is 6.54 Å². The third kappa shape index (κ3) is 2.27. The lowest BCUT2D eigenvalue weighted by Crippen LogP contribution is -2.37. The van der Waals surface area contributed by atoms with E-state index in [0.717, 1.165) is 16.3 Å². The molecule has 0 saturated carbocycles. The Morgan fingerprint density at radius 1 is 1.27 bits per heavy atom. The number of fused-ring (bicyclic) bond motifs is 3. The van der Waals surface area contributed by atoms with Crippen LogP contribution in [0.3, 0.4) is 0 Å². The van der Waals surface area contributed by atoms with Gasteiger partial charge in [-0.1, -0.05) is 18.2 Å². The van der Waals surface area contributed by atoms with Gasteiger partial charge in [-0.2, -0.15) is 0 Å². The first-order chi connectivity index (χ1) is 10.3. The standard InChI is InChI=1S/C16H19N5O/c1-16(2,19)8-21-12-6-4-3-5-9(12)10-7-11(14(18)22)13(17)20-15(10)21/h3-7H,8,19H2,1-2H3,(H2,17,20)(H2,18,22). The lowest BCUT2D eigenvalue weighted by atomic mass is 10.1. The van der Waals surface area contributed by atoms with Crippen molar-refractivity contribution in [3.8, 4) is 0 Å². The van der Waals surface area contributed by atoms with Crippen molar-refractivity contribution in [2.24, 2.45) is 11.5 Å². The largest absolute Gasteiger partial charge is 0.383 e. The highest BCUT2D eigenvalue weighted by molar-refractivity contribution is 6.10. The van der Waals surface area contributed by atoms with Crippen LogP contribution < -0.4 is 17.2 Å². The number of pyridine rings is 1. The van der Waals surface area contributed by atoms with Gasteiger partial charge >= 0.3 is 0 Å². The maximum Gasteiger partial charge on any atom is 0.252 e. The van der Waals surface area contributed by atoms with Gasteiger partial charge in [-0.05, 0) is 26.0 Å². The average Bonchev–Trinajstić information content (AvgIpc) is 2.70. The van der Waals surface area contributed by atoms with E-state index in [1.807, 2.05) is 42.7 Å². The minimum absolute atomic E-state index is 0.138. The number of nitrogens with zero attached hydrogens (tertiary/aromatic N) is 2. The van der Waals surface area contributed by atoms with Crippen LogP contribution in [0.2, 0.25) is 0 Å². The second-order valence-electron chi connectivity index (χ2n) is 6.25. The van der Waals surface area contributed by atoms with Crippen LogP contribution in [0.5, 0.6) is 0 Å². The summed E-state index contributed by atoms with van der Waals surface area (Å²) in [4.78, 5) is 15.9. The predicted molar refractivity (Wildman–Crippen MR) is 88.4 cm³/mol. The number of nitrogen functional groups attached to an aromatic ring is 1. The third-order valence-electron chi connectivity index (χ3n) is 3.60. The van der Waals surface area contributed by atoms with Crippen LogP contribution in [0.15, 0.2) is 30.3 Å². The normalized spacial score (nSPS) is 12.1. The first-order valence-electron chi connectivity index (χ1n) is 7.04. The van der Waals surface area contributed by atoms with Crippen LogP contribution in [-0.4, -0.2) is 21.0 Å². The zero-order valence-corrected chi connectivity index (χ0v) is 12.6. The predicted octanol–water partition coefficient (Wildman–Crippen LogP) is 1.61. The van der Waals surface area contributed by atoms with Crippen molar-refractivity contribution < 1.29 is 4.79 Å². The van der Waals surface area contributed by atoms with Crippen molar-refractivity contribution >= 4 is 33.7 Å². The molecule has 0 unspecified atom stereocenters. The van der Waals surface area contributed by atoms with Crippen molar-refractivity contribution in [2.45, 2.75) is 25.9 Å². The topological polar surface area (TPSA) is 113 Å². The molecule has 22 heavy (non-hydrogen) atoms. The number of carbonyl (C=O) groups excluding carboxylic acids is 1. The van der Waals surface area contributed by atoms with Crippen LogP contribution in [0, 0.1) is 0 Å². The van der Waals surface area contributed by atoms with E-state index in [1.165, 1.54) is 0 Å². The average molecular weight is 297 g/mol. The number of para-hydroxylation sites is 1. The molecule has 0 radical (unpaired) electrons. The van der Waals surface area contributed by atoms with Gasteiger partial charge in [0, 0.05) is 22.9 Å². The summed E-state index contributed by atoms with van der Waals surface area (Å²) in [5, 5.41) is 1.85. The number of hydrogen-bond acceptors (Lipinski definition) is 4. The molecular formula is C16H19N5O. The molecule has 0 aliphatic carbocycles. The van der Waals surface area contributed by atoms with Gasteiger partial charge in [0.05, 0.1) is 11.1 Å². The molecule has 0 spiro atoms. The molecule has 3 aromatic rings. The Bertz CT molecular complexity index is 889. The van der Waals surface area contributed by atoms with Crippen molar-refractivity contribution in [3.05, 3.63) is 35.9 Å². The van der Waals surface area contributed by atoms with E-state index in [0.29, 0.717) is 12.2 Å². The summed E-state index contributed by atoms with van der Waals surface area (Å²) >= 11 is 0. The van der Waals surface area contributed by atoms with E-state index in [-0.39, 0.29) is 11.4 Å². The molecule has 6 nitrogen and oxygen atoms in total. The number of rotatable bonds is 3. The van der Waals surface area contributed by atoms with Gasteiger partial charge in [-0.25, -0.2) is 4.98 Å². The first-order valence-corrected chi connectivity index (χ1v) is 7.04. The van der Waals surface area contributed by atoms with Crippen LogP contribution in [0.1, 0.15) is 24.2 Å². The van der Waals surface area contributed by atoms with E-state index >= 15 is 0 Å². The Morgan fingerprint density at radius 2 is 1.95 bits per heavy atom. The molecule has 1 amide bonds. The molecule has 0 atom stereocenters. The highest BCUT2D eigenvalue weighted by Crippen LogP contribution is 2.30. The van der Waals surface area contributed by atoms with Gasteiger partial charge in [-0.15, -0.1) is 0 Å². The van der Waals surface area contributed by atoms with Gasteiger partial charge in [-0.3, -0.25) is 4.79 Å². The van der Waals surface area contributed by atoms with Crippen molar-refractivity contribution in [1.82, 2.24) is 9.55 Å². The second kappa shape index (κ2) is 4.71. The van der Waals surface area contributed by atoms with Gasteiger partial charge in [0.2, 0.25) is 0 Å². The number of anilines is 1. The zero-order chi connectivity index (χ0) is 16.1. The van der Waals surface area contributed by atoms with Crippen LogP contribution in [0.25, 0.3) is 21.9 Å². The number of nitrogens with two attached hydrogens (primary N) is 3. The number of primary amides is 1. The monoisotopic (exact) mass is 297 g/mol. The maximum atomic E-state index is 11.5. The fourth-order valence-corrected chi connectivity index (χ4v) is 2.74. The summed E-state index contributed by atoms with van der Waals surface area (Å²) in [5.74, 6) is -0.443. The SMILES string of the molecule is CC(C)(N)Cn1c2ccccc2c2cc(C(N)=O)c(N)nc21. The fraction of sp³-hybridized carbons (Fsp3) is 0.250. The Hall–Kier alpha value is -2.60. The fourth-order valence-electron chi connectivity index (χ4n) is 2.74. The molecule has 0 saturated heterocycles. The summed E-state index contributed by atoms with van der Waals surface area (Å²) in [6, 6.07) is 9.60. The molecule has 0 bridgehead atoms. The Kier molecular flexibility index (Phi) is 3.07. The molecule has 114 valence electrons. The summed E-state index contributed by atoms with van der Waals surface area (Å²) in [7, 11) is 0. The number of carbonyl (C=O) groups is 1.